The van der Waals surface area contributed by atoms with Gasteiger partial charge in [-0.3, -0.25) is 9.59 Å². The molecular formula is C34H43NO3. The van der Waals surface area contributed by atoms with E-state index in [1.165, 1.54) is 48.1 Å². The smallest absolute Gasteiger partial charge is 0.303 e. The zero-order chi connectivity index (χ0) is 26.7. The fraction of sp³-hybridized carbons (Fsp3) is 0.588. The van der Waals surface area contributed by atoms with Crippen LogP contribution in [-0.2, 0) is 14.3 Å². The van der Waals surface area contributed by atoms with Crippen LogP contribution in [0.2, 0.25) is 0 Å². The van der Waals surface area contributed by atoms with E-state index in [1.54, 1.807) is 0 Å². The number of benzene rings is 2. The molecule has 2 aromatic rings. The number of nitrogens with one attached hydrogen (secondary N) is 1. The molecular weight excluding hydrogens is 470 g/mol. The summed E-state index contributed by atoms with van der Waals surface area (Å²) in [5, 5.41) is 5.87. The molecule has 0 bridgehead atoms. The van der Waals surface area contributed by atoms with Gasteiger partial charge in [0.1, 0.15) is 6.10 Å². The van der Waals surface area contributed by atoms with Crippen molar-refractivity contribution >= 4 is 22.6 Å². The number of ether oxygens (including phenoxy) is 1. The van der Waals surface area contributed by atoms with Crippen molar-refractivity contribution in [1.29, 1.82) is 0 Å². The van der Waals surface area contributed by atoms with Gasteiger partial charge < -0.3 is 10.1 Å². The predicted molar refractivity (Wildman–Crippen MR) is 151 cm³/mol. The number of allylic oxidation sites excluding steroid dienone is 1. The topological polar surface area (TPSA) is 55.4 Å². The van der Waals surface area contributed by atoms with Crippen LogP contribution in [0.25, 0.3) is 10.8 Å². The Labute approximate surface area is 227 Å². The van der Waals surface area contributed by atoms with Crippen LogP contribution in [0.5, 0.6) is 0 Å². The lowest BCUT2D eigenvalue weighted by atomic mass is 9.47. The third-order valence-electron chi connectivity index (χ3n) is 11.3. The summed E-state index contributed by atoms with van der Waals surface area (Å²) in [5.74, 6) is 2.16. The Hall–Kier alpha value is -2.62. The number of fused-ring (bicyclic) bond motifs is 6. The fourth-order valence-corrected chi connectivity index (χ4v) is 9.31. The van der Waals surface area contributed by atoms with Crippen molar-refractivity contribution < 1.29 is 14.3 Å². The quantitative estimate of drug-likeness (QED) is 0.340. The molecule has 1 amide bonds. The van der Waals surface area contributed by atoms with Crippen molar-refractivity contribution in [3.63, 3.8) is 0 Å². The lowest BCUT2D eigenvalue weighted by molar-refractivity contribution is -0.146. The van der Waals surface area contributed by atoms with Gasteiger partial charge >= 0.3 is 5.97 Å². The lowest BCUT2D eigenvalue weighted by Crippen LogP contribution is -2.52. The molecule has 0 radical (unpaired) electrons. The third kappa shape index (κ3) is 4.19. The molecule has 0 spiro atoms. The summed E-state index contributed by atoms with van der Waals surface area (Å²) >= 11 is 0. The van der Waals surface area contributed by atoms with Crippen LogP contribution in [0, 0.1) is 34.5 Å². The van der Waals surface area contributed by atoms with Crippen molar-refractivity contribution in [2.75, 3.05) is 0 Å². The summed E-state index contributed by atoms with van der Waals surface area (Å²) in [5.41, 5.74) is 2.99. The Kier molecular flexibility index (Phi) is 6.44. The molecule has 0 unspecified atom stereocenters. The van der Waals surface area contributed by atoms with Crippen LogP contribution in [0.1, 0.15) is 90.7 Å². The average Bonchev–Trinajstić information content (AvgIpc) is 3.25. The van der Waals surface area contributed by atoms with Crippen molar-refractivity contribution in [2.45, 2.75) is 91.2 Å². The van der Waals surface area contributed by atoms with E-state index in [-0.39, 0.29) is 40.8 Å². The molecule has 0 saturated heterocycles. The van der Waals surface area contributed by atoms with Crippen LogP contribution >= 0.6 is 0 Å². The number of esters is 1. The molecule has 202 valence electrons. The number of carbonyl (C=O) groups excluding carboxylic acids is 2. The van der Waals surface area contributed by atoms with E-state index in [0.717, 1.165) is 32.1 Å². The average molecular weight is 514 g/mol. The Morgan fingerprint density at radius 1 is 0.947 bits per heavy atom. The summed E-state index contributed by atoms with van der Waals surface area (Å²) in [7, 11) is 0. The molecule has 4 heteroatoms. The second-order valence-corrected chi connectivity index (χ2v) is 13.2. The normalized spacial score (nSPS) is 36.8. The largest absolute Gasteiger partial charge is 0.458 e. The monoisotopic (exact) mass is 513 g/mol. The number of hydrogen-bond acceptors (Lipinski definition) is 3. The highest BCUT2D eigenvalue weighted by molar-refractivity contribution is 5.84. The van der Waals surface area contributed by atoms with Crippen molar-refractivity contribution in [2.24, 2.45) is 34.5 Å². The van der Waals surface area contributed by atoms with Crippen LogP contribution in [-0.4, -0.2) is 18.0 Å². The maximum Gasteiger partial charge on any atom is 0.303 e. The van der Waals surface area contributed by atoms with Gasteiger partial charge in [-0.2, -0.15) is 0 Å². The maximum absolute atomic E-state index is 13.8. The molecule has 38 heavy (non-hydrogen) atoms. The van der Waals surface area contributed by atoms with Gasteiger partial charge in [0.2, 0.25) is 5.91 Å². The first-order chi connectivity index (χ1) is 18.2. The van der Waals surface area contributed by atoms with Crippen LogP contribution in [0.4, 0.5) is 0 Å². The molecule has 4 aliphatic rings. The van der Waals surface area contributed by atoms with Gasteiger partial charge in [-0.1, -0.05) is 55.8 Å². The zero-order valence-electron chi connectivity index (χ0n) is 23.5. The third-order valence-corrected chi connectivity index (χ3v) is 11.3. The molecule has 0 aromatic heterocycles. The molecule has 0 heterocycles. The second-order valence-electron chi connectivity index (χ2n) is 13.2. The van der Waals surface area contributed by atoms with E-state index in [9.17, 15) is 9.59 Å². The van der Waals surface area contributed by atoms with Crippen molar-refractivity contribution in [1.82, 2.24) is 5.32 Å². The highest BCUT2D eigenvalue weighted by Gasteiger charge is 2.60. The van der Waals surface area contributed by atoms with Gasteiger partial charge in [-0.05, 0) is 115 Å². The highest BCUT2D eigenvalue weighted by atomic mass is 16.5. The molecule has 8 atom stereocenters. The Morgan fingerprint density at radius 2 is 1.74 bits per heavy atom. The van der Waals surface area contributed by atoms with Gasteiger partial charge in [0, 0.05) is 12.8 Å². The standard InChI is InChI=1S/C34H43NO3/c1-21(24-10-9-23-7-5-6-8-25(23)19-24)35-32(37)31-14-13-29-28-12-11-26-20-27(38-22(2)36)15-17-33(26,3)30(28)16-18-34(29,31)4/h5-10,19-21,27-31H,11-18H2,1-4H3,(H,35,37)/t21-,27-,28-,29-,30-,31+,33-,34-/m0/s1. The molecule has 4 aliphatic carbocycles. The number of rotatable bonds is 4. The Balaban J connectivity index is 1.17. The first-order valence-electron chi connectivity index (χ1n) is 14.9. The van der Waals surface area contributed by atoms with Gasteiger partial charge in [0.25, 0.3) is 0 Å². The van der Waals surface area contributed by atoms with E-state index in [0.29, 0.717) is 17.8 Å². The molecule has 3 fully saturated rings. The number of carbonyl (C=O) groups is 2. The second kappa shape index (κ2) is 9.54. The van der Waals surface area contributed by atoms with Crippen molar-refractivity contribution in [3.8, 4) is 0 Å². The van der Waals surface area contributed by atoms with Crippen LogP contribution < -0.4 is 5.32 Å². The fourth-order valence-electron chi connectivity index (χ4n) is 9.31. The van der Waals surface area contributed by atoms with Gasteiger partial charge in [-0.15, -0.1) is 0 Å². The molecule has 0 aliphatic heterocycles. The minimum Gasteiger partial charge on any atom is -0.458 e. The minimum absolute atomic E-state index is 0.000196. The summed E-state index contributed by atoms with van der Waals surface area (Å²) in [4.78, 5) is 25.3. The summed E-state index contributed by atoms with van der Waals surface area (Å²) in [6.07, 6.45) is 11.1. The zero-order valence-corrected chi connectivity index (χ0v) is 23.5. The Bertz CT molecular complexity index is 1280. The van der Waals surface area contributed by atoms with Crippen molar-refractivity contribution in [3.05, 3.63) is 59.7 Å². The Morgan fingerprint density at radius 3 is 2.53 bits per heavy atom. The van der Waals surface area contributed by atoms with Gasteiger partial charge in [0.05, 0.1) is 6.04 Å². The highest BCUT2D eigenvalue weighted by Crippen LogP contribution is 2.66. The predicted octanol–water partition coefficient (Wildman–Crippen LogP) is 7.53. The molecule has 3 saturated carbocycles. The van der Waals surface area contributed by atoms with E-state index in [2.05, 4.69) is 74.6 Å². The first kappa shape index (κ1) is 25.6. The SMILES string of the molecule is CC(=O)O[C@@H]1C=C2CC[C@H]3[C@@H]4CC[C@H](C(=O)N[C@@H](C)c5ccc6ccccc6c5)[C@@]4(C)CC[C@@H]3[C@@]2(C)CC1. The van der Waals surface area contributed by atoms with E-state index >= 15 is 0 Å². The van der Waals surface area contributed by atoms with E-state index in [4.69, 9.17) is 4.74 Å². The molecule has 6 rings (SSSR count). The minimum atomic E-state index is -0.178. The molecule has 1 N–H and O–H groups in total. The van der Waals surface area contributed by atoms with Gasteiger partial charge in [-0.25, -0.2) is 0 Å². The van der Waals surface area contributed by atoms with Crippen LogP contribution in [0.3, 0.4) is 0 Å². The lowest BCUT2D eigenvalue weighted by Gasteiger charge is -2.58. The summed E-state index contributed by atoms with van der Waals surface area (Å²) < 4.78 is 5.57. The summed E-state index contributed by atoms with van der Waals surface area (Å²) in [6.45, 7) is 8.54. The maximum atomic E-state index is 13.8. The molecule has 4 nitrogen and oxygen atoms in total. The molecule has 2 aromatic carbocycles. The number of hydrogen-bond donors (Lipinski definition) is 1. The van der Waals surface area contributed by atoms with Gasteiger partial charge in [0.15, 0.2) is 0 Å². The van der Waals surface area contributed by atoms with E-state index in [1.807, 2.05) is 0 Å². The number of amides is 1. The van der Waals surface area contributed by atoms with E-state index < -0.39 is 0 Å². The van der Waals surface area contributed by atoms with Crippen LogP contribution in [0.15, 0.2) is 54.1 Å². The first-order valence-corrected chi connectivity index (χ1v) is 14.9. The summed E-state index contributed by atoms with van der Waals surface area (Å²) in [6, 6.07) is 14.9.